The molecule has 1 fully saturated rings. The second kappa shape index (κ2) is 5.53. The van der Waals surface area contributed by atoms with E-state index in [-0.39, 0.29) is 5.54 Å². The molecule has 4 heteroatoms. The van der Waals surface area contributed by atoms with Crippen LogP contribution in [0, 0.1) is 18.3 Å². The third kappa shape index (κ3) is 3.33. The lowest BCUT2D eigenvalue weighted by molar-refractivity contribution is 0.348. The Morgan fingerprint density at radius 3 is 2.89 bits per heavy atom. The summed E-state index contributed by atoms with van der Waals surface area (Å²) in [6, 6.07) is 5.08. The first kappa shape index (κ1) is 13.1. The van der Waals surface area contributed by atoms with Crippen LogP contribution in [-0.2, 0) is 6.54 Å². The summed E-state index contributed by atoms with van der Waals surface area (Å²) in [5.74, 6) is 0. The van der Waals surface area contributed by atoms with Crippen LogP contribution in [-0.4, -0.2) is 21.4 Å². The zero-order valence-electron chi connectivity index (χ0n) is 11.3. The van der Waals surface area contributed by atoms with Crippen LogP contribution in [0.2, 0.25) is 0 Å². The lowest BCUT2D eigenvalue weighted by Gasteiger charge is -2.26. The Hall–Kier alpha value is -1.34. The lowest BCUT2D eigenvalue weighted by Crippen LogP contribution is -2.44. The molecule has 0 aromatic carbocycles. The maximum Gasteiger partial charge on any atom is 0.106 e. The van der Waals surface area contributed by atoms with E-state index in [0.29, 0.717) is 6.04 Å². The van der Waals surface area contributed by atoms with E-state index in [2.05, 4.69) is 23.4 Å². The number of nitrogens with zero attached hydrogens (tertiary/aromatic N) is 3. The second-order valence-corrected chi connectivity index (χ2v) is 5.29. The molecule has 1 heterocycles. The molecule has 1 saturated carbocycles. The van der Waals surface area contributed by atoms with Crippen LogP contribution in [0.15, 0.2) is 12.3 Å². The molecule has 1 N–H and O–H groups in total. The Morgan fingerprint density at radius 2 is 2.39 bits per heavy atom. The normalized spacial score (nSPS) is 18.3. The van der Waals surface area contributed by atoms with Gasteiger partial charge in [0.15, 0.2) is 0 Å². The first-order valence-electron chi connectivity index (χ1n) is 6.86. The predicted octanol–water partition coefficient (Wildman–Crippen LogP) is 2.40. The summed E-state index contributed by atoms with van der Waals surface area (Å²) in [5, 5.41) is 17.3. The number of aryl methyl sites for hydroxylation is 2. The predicted molar refractivity (Wildman–Crippen MR) is 71.0 cm³/mol. The second-order valence-electron chi connectivity index (χ2n) is 5.29. The largest absolute Gasteiger partial charge is 0.297 e. The molecule has 1 aromatic heterocycles. The number of hydrogen-bond donors (Lipinski definition) is 1. The Bertz CT molecular complexity index is 427. The van der Waals surface area contributed by atoms with Crippen molar-refractivity contribution in [3.05, 3.63) is 18.0 Å². The molecule has 0 spiro atoms. The highest BCUT2D eigenvalue weighted by molar-refractivity contribution is 5.09. The Kier molecular flexibility index (Phi) is 4.03. The summed E-state index contributed by atoms with van der Waals surface area (Å²) in [4.78, 5) is 0. The average Bonchev–Trinajstić information content (AvgIpc) is 3.09. The van der Waals surface area contributed by atoms with E-state index in [1.54, 1.807) is 0 Å². The monoisotopic (exact) mass is 246 g/mol. The molecule has 0 radical (unpaired) electrons. The zero-order chi connectivity index (χ0) is 13.0. The number of hydrogen-bond acceptors (Lipinski definition) is 3. The first-order chi connectivity index (χ1) is 8.67. The topological polar surface area (TPSA) is 53.6 Å². The summed E-state index contributed by atoms with van der Waals surface area (Å²) < 4.78 is 1.96. The van der Waals surface area contributed by atoms with Crippen LogP contribution in [0.1, 0.15) is 44.7 Å². The fourth-order valence-electron chi connectivity index (χ4n) is 2.27. The Balaban J connectivity index is 1.83. The third-order valence-corrected chi connectivity index (χ3v) is 3.64. The Labute approximate surface area is 109 Å². The molecule has 2 rings (SSSR count). The van der Waals surface area contributed by atoms with Gasteiger partial charge in [0.1, 0.15) is 5.54 Å². The molecule has 1 unspecified atom stereocenters. The van der Waals surface area contributed by atoms with Crippen molar-refractivity contribution < 1.29 is 0 Å². The van der Waals surface area contributed by atoms with Crippen LogP contribution < -0.4 is 5.32 Å². The van der Waals surface area contributed by atoms with Gasteiger partial charge in [0.2, 0.25) is 0 Å². The molecular weight excluding hydrogens is 224 g/mol. The number of aromatic nitrogens is 2. The van der Waals surface area contributed by atoms with E-state index in [1.165, 1.54) is 12.8 Å². The highest BCUT2D eigenvalue weighted by atomic mass is 15.3. The summed E-state index contributed by atoms with van der Waals surface area (Å²) in [6.07, 6.45) is 7.21. The van der Waals surface area contributed by atoms with Gasteiger partial charge in [-0.25, -0.2) is 0 Å². The molecule has 0 amide bonds. The maximum atomic E-state index is 9.42. The van der Waals surface area contributed by atoms with Gasteiger partial charge in [-0.2, -0.15) is 10.4 Å². The molecular formula is C14H22N4. The van der Waals surface area contributed by atoms with Crippen molar-refractivity contribution in [3.63, 3.8) is 0 Å². The van der Waals surface area contributed by atoms with Crippen molar-refractivity contribution in [2.45, 2.75) is 64.1 Å². The quantitative estimate of drug-likeness (QED) is 0.803. The van der Waals surface area contributed by atoms with Gasteiger partial charge in [0, 0.05) is 18.8 Å². The highest BCUT2D eigenvalue weighted by Crippen LogP contribution is 2.26. The smallest absolute Gasteiger partial charge is 0.106 e. The van der Waals surface area contributed by atoms with Crippen LogP contribution >= 0.6 is 0 Å². The molecule has 0 saturated heterocycles. The van der Waals surface area contributed by atoms with Crippen molar-refractivity contribution in [1.29, 1.82) is 5.26 Å². The van der Waals surface area contributed by atoms with E-state index in [1.807, 2.05) is 23.9 Å². The van der Waals surface area contributed by atoms with Gasteiger partial charge >= 0.3 is 0 Å². The van der Waals surface area contributed by atoms with Gasteiger partial charge in [-0.1, -0.05) is 6.92 Å². The van der Waals surface area contributed by atoms with E-state index in [0.717, 1.165) is 31.5 Å². The average molecular weight is 246 g/mol. The highest BCUT2D eigenvalue weighted by Gasteiger charge is 2.34. The van der Waals surface area contributed by atoms with E-state index >= 15 is 0 Å². The van der Waals surface area contributed by atoms with Crippen molar-refractivity contribution in [2.75, 3.05) is 0 Å². The number of nitrogens with one attached hydrogen (secondary N) is 1. The van der Waals surface area contributed by atoms with Gasteiger partial charge in [-0.3, -0.25) is 10.00 Å². The van der Waals surface area contributed by atoms with Gasteiger partial charge in [-0.15, -0.1) is 0 Å². The van der Waals surface area contributed by atoms with Crippen LogP contribution in [0.3, 0.4) is 0 Å². The van der Waals surface area contributed by atoms with Crippen LogP contribution in [0.4, 0.5) is 0 Å². The fourth-order valence-corrected chi connectivity index (χ4v) is 2.27. The van der Waals surface area contributed by atoms with Gasteiger partial charge in [0.05, 0.1) is 11.8 Å². The minimum Gasteiger partial charge on any atom is -0.297 e. The molecule has 18 heavy (non-hydrogen) atoms. The fraction of sp³-hybridized carbons (Fsp3) is 0.714. The lowest BCUT2D eigenvalue weighted by atomic mass is 9.92. The van der Waals surface area contributed by atoms with E-state index < -0.39 is 0 Å². The van der Waals surface area contributed by atoms with Crippen molar-refractivity contribution in [2.24, 2.45) is 0 Å². The SMILES string of the molecule is CCC(C#N)(CCCn1ccc(C)n1)NC1CC1. The maximum absolute atomic E-state index is 9.42. The minimum absolute atomic E-state index is 0.330. The third-order valence-electron chi connectivity index (χ3n) is 3.64. The molecule has 1 aromatic rings. The summed E-state index contributed by atoms with van der Waals surface area (Å²) in [7, 11) is 0. The molecule has 0 aliphatic heterocycles. The summed E-state index contributed by atoms with van der Waals surface area (Å²) in [5.41, 5.74) is 0.719. The Morgan fingerprint density at radius 1 is 1.61 bits per heavy atom. The van der Waals surface area contributed by atoms with Crippen molar-refractivity contribution in [1.82, 2.24) is 15.1 Å². The molecule has 98 valence electrons. The minimum atomic E-state index is -0.330. The first-order valence-corrected chi connectivity index (χ1v) is 6.86. The van der Waals surface area contributed by atoms with E-state index in [4.69, 9.17) is 0 Å². The molecule has 1 aliphatic rings. The standard InChI is InChI=1S/C14H22N4/c1-3-14(11-15,16-13-5-6-13)8-4-9-18-10-7-12(2)17-18/h7,10,13,16H,3-6,8-9H2,1-2H3. The van der Waals surface area contributed by atoms with Crippen LogP contribution in [0.5, 0.6) is 0 Å². The van der Waals surface area contributed by atoms with Gasteiger partial charge < -0.3 is 0 Å². The molecule has 4 nitrogen and oxygen atoms in total. The summed E-state index contributed by atoms with van der Waals surface area (Å²) >= 11 is 0. The molecule has 1 aliphatic carbocycles. The number of rotatable bonds is 7. The van der Waals surface area contributed by atoms with Gasteiger partial charge in [-0.05, 0) is 45.1 Å². The number of nitriles is 1. The van der Waals surface area contributed by atoms with Gasteiger partial charge in [0.25, 0.3) is 0 Å². The summed E-state index contributed by atoms with van der Waals surface area (Å²) in [6.45, 7) is 4.98. The van der Waals surface area contributed by atoms with Crippen molar-refractivity contribution >= 4 is 0 Å². The van der Waals surface area contributed by atoms with Crippen LogP contribution in [0.25, 0.3) is 0 Å². The molecule has 0 bridgehead atoms. The van der Waals surface area contributed by atoms with E-state index in [9.17, 15) is 5.26 Å². The molecule has 1 atom stereocenters. The zero-order valence-corrected chi connectivity index (χ0v) is 11.3. The van der Waals surface area contributed by atoms with Crippen molar-refractivity contribution in [3.8, 4) is 6.07 Å².